The Morgan fingerprint density at radius 3 is 0.673 bits per heavy atom. The number of aryl methyl sites for hydroxylation is 4. The van der Waals surface area contributed by atoms with Crippen LogP contribution in [0.15, 0.2) is 121 Å². The molecule has 0 bridgehead atoms. The SMILES string of the molecule is CCc1c(C)cc2ccccc2c1-c1c(CC)c(C)cc2ccccc12.CCc1c(C)cc2ccccc2c1-c1c(CC)c(C)cc2ccccc12. The molecule has 0 unspecified atom stereocenters. The van der Waals surface area contributed by atoms with Gasteiger partial charge in [-0.15, -0.1) is 0 Å². The van der Waals surface area contributed by atoms with Crippen molar-refractivity contribution in [2.24, 2.45) is 0 Å². The van der Waals surface area contributed by atoms with E-state index in [0.717, 1.165) is 25.7 Å². The molecule has 0 N–H and O–H groups in total. The van der Waals surface area contributed by atoms with Crippen LogP contribution in [0, 0.1) is 27.7 Å². The molecule has 8 rings (SSSR count). The Morgan fingerprint density at radius 2 is 0.481 bits per heavy atom. The first-order chi connectivity index (χ1) is 25.3. The molecule has 0 aromatic heterocycles. The molecule has 8 aromatic rings. The molecule has 8 aromatic carbocycles. The van der Waals surface area contributed by atoms with Crippen molar-refractivity contribution >= 4 is 43.1 Å². The minimum atomic E-state index is 1.05. The Hall–Kier alpha value is -5.20. The lowest BCUT2D eigenvalue weighted by atomic mass is 9.82. The summed E-state index contributed by atoms with van der Waals surface area (Å²) in [5.41, 5.74) is 17.3. The van der Waals surface area contributed by atoms with E-state index in [9.17, 15) is 0 Å². The average Bonchev–Trinajstić information content (AvgIpc) is 3.16. The summed E-state index contributed by atoms with van der Waals surface area (Å²) in [7, 11) is 0. The topological polar surface area (TPSA) is 0 Å². The van der Waals surface area contributed by atoms with Crippen LogP contribution in [0.2, 0.25) is 0 Å². The van der Waals surface area contributed by atoms with E-state index in [1.807, 2.05) is 0 Å². The summed E-state index contributed by atoms with van der Waals surface area (Å²) in [5, 5.41) is 10.9. The number of hydrogen-bond donors (Lipinski definition) is 0. The lowest BCUT2D eigenvalue weighted by molar-refractivity contribution is 1.10. The fraction of sp³-hybridized carbons (Fsp3) is 0.231. The minimum absolute atomic E-state index is 1.05. The van der Waals surface area contributed by atoms with E-state index in [2.05, 4.69) is 177 Å². The van der Waals surface area contributed by atoms with Crippen molar-refractivity contribution in [3.8, 4) is 22.3 Å². The van der Waals surface area contributed by atoms with E-state index in [0.29, 0.717) is 0 Å². The van der Waals surface area contributed by atoms with Crippen LogP contribution < -0.4 is 0 Å². The highest BCUT2D eigenvalue weighted by Crippen LogP contribution is 2.43. The summed E-state index contributed by atoms with van der Waals surface area (Å²) < 4.78 is 0. The molecule has 0 amide bonds. The van der Waals surface area contributed by atoms with Crippen molar-refractivity contribution in [3.05, 3.63) is 166 Å². The zero-order valence-corrected chi connectivity index (χ0v) is 32.4. The highest BCUT2D eigenvalue weighted by atomic mass is 14.2. The molecule has 0 aliphatic carbocycles. The van der Waals surface area contributed by atoms with E-state index in [4.69, 9.17) is 0 Å². The Bertz CT molecular complexity index is 2230. The van der Waals surface area contributed by atoms with Crippen LogP contribution in [0.5, 0.6) is 0 Å². The number of benzene rings is 8. The van der Waals surface area contributed by atoms with Gasteiger partial charge in [-0.1, -0.05) is 149 Å². The molecule has 0 saturated heterocycles. The Morgan fingerprint density at radius 1 is 0.288 bits per heavy atom. The van der Waals surface area contributed by atoms with E-state index in [-0.39, 0.29) is 0 Å². The van der Waals surface area contributed by atoms with E-state index in [1.165, 1.54) is 110 Å². The maximum Gasteiger partial charge on any atom is -0.00617 e. The van der Waals surface area contributed by atoms with Gasteiger partial charge in [0, 0.05) is 0 Å². The van der Waals surface area contributed by atoms with E-state index < -0.39 is 0 Å². The third kappa shape index (κ3) is 6.09. The van der Waals surface area contributed by atoms with E-state index in [1.54, 1.807) is 0 Å². The third-order valence-electron chi connectivity index (χ3n) is 11.4. The molecule has 0 nitrogen and oxygen atoms in total. The second kappa shape index (κ2) is 14.8. The lowest BCUT2D eigenvalue weighted by Crippen LogP contribution is -2.00. The van der Waals surface area contributed by atoms with Crippen molar-refractivity contribution in [1.82, 2.24) is 0 Å². The fourth-order valence-electron chi connectivity index (χ4n) is 9.09. The van der Waals surface area contributed by atoms with Crippen LogP contribution in [0.4, 0.5) is 0 Å². The zero-order valence-electron chi connectivity index (χ0n) is 32.4. The second-order valence-corrected chi connectivity index (χ2v) is 14.5. The van der Waals surface area contributed by atoms with Crippen molar-refractivity contribution in [2.45, 2.75) is 81.1 Å². The normalized spacial score (nSPS) is 11.4. The first-order valence-corrected chi connectivity index (χ1v) is 19.4. The molecule has 0 aliphatic rings. The summed E-state index contributed by atoms with van der Waals surface area (Å²) in [6.45, 7) is 18.2. The fourth-order valence-corrected chi connectivity index (χ4v) is 9.09. The first-order valence-electron chi connectivity index (χ1n) is 19.4. The summed E-state index contributed by atoms with van der Waals surface area (Å²) in [4.78, 5) is 0. The monoisotopic (exact) mass is 676 g/mol. The van der Waals surface area contributed by atoms with E-state index >= 15 is 0 Å². The predicted molar refractivity (Wildman–Crippen MR) is 230 cm³/mol. The molecule has 52 heavy (non-hydrogen) atoms. The molecule has 0 atom stereocenters. The van der Waals surface area contributed by atoms with Gasteiger partial charge in [0.05, 0.1) is 0 Å². The zero-order chi connectivity index (χ0) is 36.5. The summed E-state index contributed by atoms with van der Waals surface area (Å²) >= 11 is 0. The van der Waals surface area contributed by atoms with Crippen molar-refractivity contribution in [3.63, 3.8) is 0 Å². The largest absolute Gasteiger partial charge is 0.0616 e. The molecular weight excluding hydrogens is 625 g/mol. The van der Waals surface area contributed by atoms with Gasteiger partial charge in [0.25, 0.3) is 0 Å². The second-order valence-electron chi connectivity index (χ2n) is 14.5. The predicted octanol–water partition coefficient (Wildman–Crippen LogP) is 14.8. The van der Waals surface area contributed by atoms with Crippen molar-refractivity contribution in [1.29, 1.82) is 0 Å². The van der Waals surface area contributed by atoms with Gasteiger partial charge in [0.15, 0.2) is 0 Å². The third-order valence-corrected chi connectivity index (χ3v) is 11.4. The Balaban J connectivity index is 0.000000162. The number of fused-ring (bicyclic) bond motifs is 4. The van der Waals surface area contributed by atoms with Gasteiger partial charge in [-0.2, -0.15) is 0 Å². The molecule has 0 spiro atoms. The molecule has 0 aliphatic heterocycles. The number of rotatable bonds is 6. The Kier molecular flexibility index (Phi) is 10.0. The number of hydrogen-bond acceptors (Lipinski definition) is 0. The highest BCUT2D eigenvalue weighted by Gasteiger charge is 2.20. The quantitative estimate of drug-likeness (QED) is 0.164. The highest BCUT2D eigenvalue weighted by molar-refractivity contribution is 6.10. The molecule has 0 saturated carbocycles. The standard InChI is InChI=1S/2C26H26/c2*1-5-21-17(3)15-19-11-7-9-13-23(19)25(21)26-22(6-2)18(4)16-20-12-8-10-14-24(20)26/h2*7-16H,5-6H2,1-4H3. The molecule has 0 fully saturated rings. The summed E-state index contributed by atoms with van der Waals surface area (Å²) in [6, 6.07) is 44.8. The van der Waals surface area contributed by atoms with Gasteiger partial charge >= 0.3 is 0 Å². The Labute approximate surface area is 311 Å². The molecule has 0 heterocycles. The molecule has 0 heteroatoms. The van der Waals surface area contributed by atoms with Gasteiger partial charge in [0.2, 0.25) is 0 Å². The minimum Gasteiger partial charge on any atom is -0.0616 e. The van der Waals surface area contributed by atoms with Crippen molar-refractivity contribution < 1.29 is 0 Å². The van der Waals surface area contributed by atoms with Crippen LogP contribution in [0.1, 0.15) is 72.2 Å². The maximum absolute atomic E-state index is 2.35. The maximum atomic E-state index is 2.35. The van der Waals surface area contributed by atoms with Gasteiger partial charge in [0.1, 0.15) is 0 Å². The first kappa shape index (κ1) is 35.2. The van der Waals surface area contributed by atoms with Gasteiger partial charge in [-0.25, -0.2) is 0 Å². The van der Waals surface area contributed by atoms with Gasteiger partial charge in [-0.05, 0) is 163 Å². The molecule has 260 valence electrons. The lowest BCUT2D eigenvalue weighted by Gasteiger charge is -2.21. The van der Waals surface area contributed by atoms with Gasteiger partial charge in [-0.3, -0.25) is 0 Å². The van der Waals surface area contributed by atoms with Crippen LogP contribution in [0.25, 0.3) is 65.3 Å². The van der Waals surface area contributed by atoms with Crippen LogP contribution in [-0.2, 0) is 25.7 Å². The van der Waals surface area contributed by atoms with Crippen LogP contribution in [-0.4, -0.2) is 0 Å². The van der Waals surface area contributed by atoms with Crippen molar-refractivity contribution in [2.75, 3.05) is 0 Å². The van der Waals surface area contributed by atoms with Gasteiger partial charge < -0.3 is 0 Å². The molecular formula is C52H52. The smallest absolute Gasteiger partial charge is 0.00617 e. The summed E-state index contributed by atoms with van der Waals surface area (Å²) in [6.07, 6.45) is 4.21. The summed E-state index contributed by atoms with van der Waals surface area (Å²) in [5.74, 6) is 0. The van der Waals surface area contributed by atoms with Crippen LogP contribution in [0.3, 0.4) is 0 Å². The van der Waals surface area contributed by atoms with Crippen LogP contribution >= 0.6 is 0 Å². The molecule has 0 radical (unpaired) electrons. The average molecular weight is 677 g/mol.